The molecule has 0 saturated carbocycles. The van der Waals surface area contributed by atoms with Crippen molar-refractivity contribution in [1.29, 1.82) is 5.26 Å². The van der Waals surface area contributed by atoms with Gasteiger partial charge in [0.05, 0.1) is 20.3 Å². The molecule has 1 aromatic carbocycles. The average molecular weight is 275 g/mol. The molecule has 5 nitrogen and oxygen atoms in total. The normalized spacial score (nSPS) is 18.3. The summed E-state index contributed by atoms with van der Waals surface area (Å²) in [6.45, 7) is 3.75. The van der Waals surface area contributed by atoms with Gasteiger partial charge in [0.15, 0.2) is 0 Å². The van der Waals surface area contributed by atoms with E-state index in [4.69, 9.17) is 9.47 Å². The number of piperazine rings is 1. The highest BCUT2D eigenvalue weighted by Gasteiger charge is 2.26. The third kappa shape index (κ3) is 3.03. The molecule has 5 heteroatoms. The number of likely N-dealkylation sites (N-methyl/N-ethyl adjacent to an activating group) is 1. The Hall–Kier alpha value is -1.77. The lowest BCUT2D eigenvalue weighted by Gasteiger charge is -2.35. The van der Waals surface area contributed by atoms with E-state index in [0.29, 0.717) is 5.75 Å². The Morgan fingerprint density at radius 3 is 2.40 bits per heavy atom. The van der Waals surface area contributed by atoms with Gasteiger partial charge >= 0.3 is 0 Å². The lowest BCUT2D eigenvalue weighted by molar-refractivity contribution is 0.131. The number of benzene rings is 1. The van der Waals surface area contributed by atoms with Crippen molar-refractivity contribution in [3.05, 3.63) is 23.8 Å². The van der Waals surface area contributed by atoms with Crippen molar-refractivity contribution in [3.63, 3.8) is 0 Å². The number of methoxy groups -OCH3 is 2. The van der Waals surface area contributed by atoms with E-state index in [0.717, 1.165) is 37.5 Å². The minimum absolute atomic E-state index is 0.274. The standard InChI is InChI=1S/C15H21N3O2/c1-17-6-8-18(9-7-17)14(11-16)13-5-4-12(19-2)10-15(13)20-3/h4-5,10,14H,6-9H2,1-3H3. The van der Waals surface area contributed by atoms with Gasteiger partial charge in [-0.2, -0.15) is 5.26 Å². The molecule has 0 aliphatic carbocycles. The maximum atomic E-state index is 9.55. The summed E-state index contributed by atoms with van der Waals surface area (Å²) in [5.74, 6) is 1.44. The molecule has 0 aromatic heterocycles. The molecule has 0 radical (unpaired) electrons. The van der Waals surface area contributed by atoms with Crippen molar-refractivity contribution >= 4 is 0 Å². The first kappa shape index (κ1) is 14.6. The number of nitriles is 1. The third-order valence-electron chi connectivity index (χ3n) is 3.76. The molecule has 1 aliphatic heterocycles. The fourth-order valence-corrected chi connectivity index (χ4v) is 2.47. The van der Waals surface area contributed by atoms with Gasteiger partial charge in [0.1, 0.15) is 17.5 Å². The Bertz CT molecular complexity index is 490. The molecule has 1 aromatic rings. The van der Waals surface area contributed by atoms with Crippen LogP contribution in [0.15, 0.2) is 18.2 Å². The highest BCUT2D eigenvalue weighted by molar-refractivity contribution is 5.44. The molecule has 1 saturated heterocycles. The molecule has 0 bridgehead atoms. The van der Waals surface area contributed by atoms with E-state index < -0.39 is 0 Å². The van der Waals surface area contributed by atoms with Gasteiger partial charge in [-0.15, -0.1) is 0 Å². The second-order valence-electron chi connectivity index (χ2n) is 4.98. The topological polar surface area (TPSA) is 48.7 Å². The van der Waals surface area contributed by atoms with Crippen LogP contribution in [0.1, 0.15) is 11.6 Å². The second-order valence-corrected chi connectivity index (χ2v) is 4.98. The summed E-state index contributed by atoms with van der Waals surface area (Å²) in [5, 5.41) is 9.55. The molecule has 0 spiro atoms. The largest absolute Gasteiger partial charge is 0.497 e. The first-order valence-electron chi connectivity index (χ1n) is 6.73. The van der Waals surface area contributed by atoms with E-state index in [1.165, 1.54) is 0 Å². The summed E-state index contributed by atoms with van der Waals surface area (Å²) >= 11 is 0. The van der Waals surface area contributed by atoms with Crippen LogP contribution in [0.5, 0.6) is 11.5 Å². The Balaban J connectivity index is 2.25. The Morgan fingerprint density at radius 2 is 1.85 bits per heavy atom. The van der Waals surface area contributed by atoms with Crippen molar-refractivity contribution in [1.82, 2.24) is 9.80 Å². The maximum absolute atomic E-state index is 9.55. The van der Waals surface area contributed by atoms with E-state index in [9.17, 15) is 5.26 Å². The second kappa shape index (κ2) is 6.60. The molecule has 1 heterocycles. The number of hydrogen-bond donors (Lipinski definition) is 0. The van der Waals surface area contributed by atoms with Crippen LogP contribution in [-0.4, -0.2) is 57.2 Å². The molecule has 1 aliphatic rings. The van der Waals surface area contributed by atoms with Gasteiger partial charge in [0.25, 0.3) is 0 Å². The summed E-state index contributed by atoms with van der Waals surface area (Å²) in [6.07, 6.45) is 0. The van der Waals surface area contributed by atoms with E-state index in [2.05, 4.69) is 22.9 Å². The van der Waals surface area contributed by atoms with Crippen LogP contribution in [-0.2, 0) is 0 Å². The van der Waals surface area contributed by atoms with Gasteiger partial charge in [-0.3, -0.25) is 4.90 Å². The molecule has 2 rings (SSSR count). The van der Waals surface area contributed by atoms with Gasteiger partial charge in [-0.1, -0.05) is 0 Å². The van der Waals surface area contributed by atoms with Gasteiger partial charge in [-0.05, 0) is 19.2 Å². The van der Waals surface area contributed by atoms with Gasteiger partial charge in [-0.25, -0.2) is 0 Å². The smallest absolute Gasteiger partial charge is 0.128 e. The molecule has 0 N–H and O–H groups in total. The zero-order valence-electron chi connectivity index (χ0n) is 12.3. The minimum atomic E-state index is -0.274. The summed E-state index contributed by atoms with van der Waals surface area (Å²) in [5.41, 5.74) is 0.903. The van der Waals surface area contributed by atoms with E-state index in [-0.39, 0.29) is 6.04 Å². The zero-order valence-corrected chi connectivity index (χ0v) is 12.3. The average Bonchev–Trinajstić information content (AvgIpc) is 2.50. The molecular weight excluding hydrogens is 254 g/mol. The van der Waals surface area contributed by atoms with Crippen LogP contribution < -0.4 is 9.47 Å². The molecule has 20 heavy (non-hydrogen) atoms. The number of rotatable bonds is 4. The zero-order chi connectivity index (χ0) is 14.5. The highest BCUT2D eigenvalue weighted by atomic mass is 16.5. The molecule has 0 amide bonds. The Kier molecular flexibility index (Phi) is 4.83. The molecular formula is C15H21N3O2. The predicted molar refractivity (Wildman–Crippen MR) is 77.0 cm³/mol. The molecule has 1 unspecified atom stereocenters. The molecule has 1 fully saturated rings. The summed E-state index contributed by atoms with van der Waals surface area (Å²) in [6, 6.07) is 7.75. The quantitative estimate of drug-likeness (QED) is 0.833. The van der Waals surface area contributed by atoms with Crippen LogP contribution >= 0.6 is 0 Å². The van der Waals surface area contributed by atoms with Crippen LogP contribution in [0.25, 0.3) is 0 Å². The first-order valence-corrected chi connectivity index (χ1v) is 6.73. The van der Waals surface area contributed by atoms with E-state index >= 15 is 0 Å². The van der Waals surface area contributed by atoms with Crippen molar-refractivity contribution < 1.29 is 9.47 Å². The van der Waals surface area contributed by atoms with Crippen molar-refractivity contribution in [3.8, 4) is 17.6 Å². The predicted octanol–water partition coefficient (Wildman–Crippen LogP) is 1.52. The minimum Gasteiger partial charge on any atom is -0.497 e. The highest BCUT2D eigenvalue weighted by Crippen LogP contribution is 2.32. The van der Waals surface area contributed by atoms with Gasteiger partial charge < -0.3 is 14.4 Å². The van der Waals surface area contributed by atoms with Crippen molar-refractivity contribution in [2.24, 2.45) is 0 Å². The molecule has 1 atom stereocenters. The lowest BCUT2D eigenvalue weighted by atomic mass is 10.0. The van der Waals surface area contributed by atoms with Crippen LogP contribution in [0.4, 0.5) is 0 Å². The third-order valence-corrected chi connectivity index (χ3v) is 3.76. The Morgan fingerprint density at radius 1 is 1.15 bits per heavy atom. The number of hydrogen-bond acceptors (Lipinski definition) is 5. The maximum Gasteiger partial charge on any atom is 0.128 e. The van der Waals surface area contributed by atoms with E-state index in [1.54, 1.807) is 14.2 Å². The molecule has 108 valence electrons. The van der Waals surface area contributed by atoms with Crippen LogP contribution in [0.3, 0.4) is 0 Å². The first-order chi connectivity index (χ1) is 9.69. The monoisotopic (exact) mass is 275 g/mol. The van der Waals surface area contributed by atoms with Gasteiger partial charge in [0.2, 0.25) is 0 Å². The Labute approximate surface area is 120 Å². The summed E-state index contributed by atoms with van der Waals surface area (Å²) in [7, 11) is 5.35. The lowest BCUT2D eigenvalue weighted by Crippen LogP contribution is -2.45. The van der Waals surface area contributed by atoms with Crippen LogP contribution in [0.2, 0.25) is 0 Å². The van der Waals surface area contributed by atoms with Gasteiger partial charge in [0, 0.05) is 37.8 Å². The van der Waals surface area contributed by atoms with E-state index in [1.807, 2.05) is 18.2 Å². The number of ether oxygens (including phenoxy) is 2. The summed E-state index contributed by atoms with van der Waals surface area (Å²) < 4.78 is 10.6. The fraction of sp³-hybridized carbons (Fsp3) is 0.533. The summed E-state index contributed by atoms with van der Waals surface area (Å²) in [4.78, 5) is 4.47. The SMILES string of the molecule is COc1ccc(C(C#N)N2CCN(C)CC2)c(OC)c1. The number of nitrogens with zero attached hydrogens (tertiary/aromatic N) is 3. The van der Waals surface area contributed by atoms with Crippen molar-refractivity contribution in [2.45, 2.75) is 6.04 Å². The van der Waals surface area contributed by atoms with Crippen LogP contribution in [0, 0.1) is 11.3 Å². The fourth-order valence-electron chi connectivity index (χ4n) is 2.47. The van der Waals surface area contributed by atoms with Crippen molar-refractivity contribution in [2.75, 3.05) is 47.4 Å².